The number of rotatable bonds is 9. The molecule has 2 aromatic rings. The van der Waals surface area contributed by atoms with Gasteiger partial charge in [0.25, 0.3) is 5.91 Å². The maximum absolute atomic E-state index is 13.2. The van der Waals surface area contributed by atoms with Crippen molar-refractivity contribution in [3.8, 4) is 5.75 Å². The van der Waals surface area contributed by atoms with Gasteiger partial charge in [-0.3, -0.25) is 9.59 Å². The van der Waals surface area contributed by atoms with Gasteiger partial charge >= 0.3 is 0 Å². The first-order chi connectivity index (χ1) is 15.0. The van der Waals surface area contributed by atoms with Crippen molar-refractivity contribution in [3.05, 3.63) is 29.5 Å². The number of ether oxygens (including phenoxy) is 1. The zero-order valence-electron chi connectivity index (χ0n) is 19.5. The molecule has 0 atom stereocenters. The number of carbonyl (C=O) groups excluding carboxylic acids is 2. The van der Waals surface area contributed by atoms with Crippen LogP contribution in [-0.2, 0) is 4.79 Å². The molecule has 0 unspecified atom stereocenters. The van der Waals surface area contributed by atoms with Gasteiger partial charge in [-0.1, -0.05) is 19.3 Å². The van der Waals surface area contributed by atoms with Crippen molar-refractivity contribution in [3.63, 3.8) is 0 Å². The highest BCUT2D eigenvalue weighted by Crippen LogP contribution is 2.37. The van der Waals surface area contributed by atoms with Crippen molar-refractivity contribution in [2.45, 2.75) is 71.8 Å². The normalized spacial score (nSPS) is 14.6. The molecule has 31 heavy (non-hydrogen) atoms. The second kappa shape index (κ2) is 10.7. The molecule has 3 rings (SSSR count). The van der Waals surface area contributed by atoms with E-state index in [-0.39, 0.29) is 11.8 Å². The highest BCUT2D eigenvalue weighted by molar-refractivity contribution is 6.08. The molecule has 170 valence electrons. The average molecular weight is 428 g/mol. The Morgan fingerprint density at radius 1 is 1.16 bits per heavy atom. The molecule has 1 aromatic carbocycles. The van der Waals surface area contributed by atoms with Gasteiger partial charge in [0.05, 0.1) is 12.7 Å². The van der Waals surface area contributed by atoms with Gasteiger partial charge in [0.15, 0.2) is 0 Å². The Morgan fingerprint density at radius 2 is 1.87 bits per heavy atom. The first-order valence-corrected chi connectivity index (χ1v) is 11.8. The number of benzene rings is 1. The van der Waals surface area contributed by atoms with Crippen LogP contribution < -0.4 is 10.1 Å². The van der Waals surface area contributed by atoms with E-state index in [1.807, 2.05) is 30.9 Å². The van der Waals surface area contributed by atoms with Gasteiger partial charge in [-0.15, -0.1) is 0 Å². The molecular formula is C25H37N3O3. The minimum atomic E-state index is -0.0689. The summed E-state index contributed by atoms with van der Waals surface area (Å²) >= 11 is 0. The van der Waals surface area contributed by atoms with Crippen molar-refractivity contribution in [1.29, 1.82) is 0 Å². The molecule has 2 amide bonds. The third-order valence-electron chi connectivity index (χ3n) is 6.59. The summed E-state index contributed by atoms with van der Waals surface area (Å²) in [5, 5.41) is 4.00. The third kappa shape index (κ3) is 5.05. The largest absolute Gasteiger partial charge is 0.497 e. The summed E-state index contributed by atoms with van der Waals surface area (Å²) in [6, 6.07) is 6.47. The summed E-state index contributed by atoms with van der Waals surface area (Å²) in [6.07, 6.45) is 7.19. The van der Waals surface area contributed by atoms with E-state index in [2.05, 4.69) is 22.9 Å². The van der Waals surface area contributed by atoms with Crippen molar-refractivity contribution in [1.82, 2.24) is 14.8 Å². The van der Waals surface area contributed by atoms with Crippen LogP contribution in [0, 0.1) is 6.92 Å². The molecule has 1 fully saturated rings. The van der Waals surface area contributed by atoms with E-state index in [4.69, 9.17) is 4.74 Å². The lowest BCUT2D eigenvalue weighted by Gasteiger charge is -2.26. The van der Waals surface area contributed by atoms with Gasteiger partial charge < -0.3 is 19.5 Å². The van der Waals surface area contributed by atoms with E-state index in [1.165, 1.54) is 19.3 Å². The topological polar surface area (TPSA) is 63.6 Å². The second-order valence-corrected chi connectivity index (χ2v) is 8.43. The summed E-state index contributed by atoms with van der Waals surface area (Å²) in [4.78, 5) is 27.2. The molecule has 1 N–H and O–H groups in total. The summed E-state index contributed by atoms with van der Waals surface area (Å²) in [7, 11) is 1.65. The molecular weight excluding hydrogens is 390 g/mol. The number of amides is 2. The van der Waals surface area contributed by atoms with Crippen molar-refractivity contribution < 1.29 is 14.3 Å². The van der Waals surface area contributed by atoms with Gasteiger partial charge in [0.1, 0.15) is 5.75 Å². The fraction of sp³-hybridized carbons (Fsp3) is 0.600. The van der Waals surface area contributed by atoms with E-state index in [0.29, 0.717) is 25.4 Å². The minimum absolute atomic E-state index is 0.0689. The first-order valence-electron chi connectivity index (χ1n) is 11.8. The van der Waals surface area contributed by atoms with Crippen LogP contribution in [0.3, 0.4) is 0 Å². The van der Waals surface area contributed by atoms with E-state index in [0.717, 1.165) is 53.8 Å². The summed E-state index contributed by atoms with van der Waals surface area (Å²) in [5.74, 6) is 0.835. The highest BCUT2D eigenvalue weighted by atomic mass is 16.5. The number of methoxy groups -OCH3 is 1. The maximum Gasteiger partial charge on any atom is 0.253 e. The minimum Gasteiger partial charge on any atom is -0.497 e. The van der Waals surface area contributed by atoms with Crippen LogP contribution in [0.25, 0.3) is 10.9 Å². The highest BCUT2D eigenvalue weighted by Gasteiger charge is 2.25. The van der Waals surface area contributed by atoms with E-state index < -0.39 is 0 Å². The second-order valence-electron chi connectivity index (χ2n) is 8.43. The Hall–Kier alpha value is -2.50. The lowest BCUT2D eigenvalue weighted by Crippen LogP contribution is -2.31. The molecule has 1 aliphatic rings. The SMILES string of the molecule is CCN(CC)C(=O)CCCNC(=O)c1c(C)n(C2CCCCC2)c2ccc(OC)cc12. The van der Waals surface area contributed by atoms with Gasteiger partial charge in [0, 0.05) is 48.7 Å². The molecule has 1 heterocycles. The van der Waals surface area contributed by atoms with Gasteiger partial charge in [-0.2, -0.15) is 0 Å². The lowest BCUT2D eigenvalue weighted by atomic mass is 9.95. The predicted octanol–water partition coefficient (Wildman–Crippen LogP) is 4.84. The van der Waals surface area contributed by atoms with Crippen LogP contribution in [0.15, 0.2) is 18.2 Å². The zero-order chi connectivity index (χ0) is 22.4. The Morgan fingerprint density at radius 3 is 2.52 bits per heavy atom. The molecule has 6 nitrogen and oxygen atoms in total. The van der Waals surface area contributed by atoms with Crippen molar-refractivity contribution in [2.75, 3.05) is 26.7 Å². The molecule has 0 aliphatic heterocycles. The molecule has 1 aliphatic carbocycles. The van der Waals surface area contributed by atoms with Gasteiger partial charge in [0.2, 0.25) is 5.91 Å². The monoisotopic (exact) mass is 427 g/mol. The molecule has 0 spiro atoms. The zero-order valence-corrected chi connectivity index (χ0v) is 19.5. The van der Waals surface area contributed by atoms with Crippen molar-refractivity contribution in [2.24, 2.45) is 0 Å². The van der Waals surface area contributed by atoms with Crippen LogP contribution in [0.1, 0.15) is 80.9 Å². The third-order valence-corrected chi connectivity index (χ3v) is 6.59. The molecule has 6 heteroatoms. The maximum atomic E-state index is 13.2. The molecule has 0 saturated heterocycles. The predicted molar refractivity (Wildman–Crippen MR) is 125 cm³/mol. The number of nitrogens with zero attached hydrogens (tertiary/aromatic N) is 2. The Balaban J connectivity index is 1.79. The number of fused-ring (bicyclic) bond motifs is 1. The Kier molecular flexibility index (Phi) is 7.99. The Bertz CT molecular complexity index is 908. The number of hydrogen-bond donors (Lipinski definition) is 1. The molecule has 1 aromatic heterocycles. The molecule has 0 bridgehead atoms. The summed E-state index contributed by atoms with van der Waals surface area (Å²) in [6.45, 7) is 7.97. The Labute approximate surface area is 185 Å². The average Bonchev–Trinajstić information content (AvgIpc) is 3.08. The quantitative estimate of drug-likeness (QED) is 0.582. The number of nitrogens with one attached hydrogen (secondary N) is 1. The van der Waals surface area contributed by atoms with E-state index in [1.54, 1.807) is 7.11 Å². The smallest absolute Gasteiger partial charge is 0.253 e. The van der Waals surface area contributed by atoms with Crippen LogP contribution in [-0.4, -0.2) is 48.0 Å². The van der Waals surface area contributed by atoms with Gasteiger partial charge in [-0.25, -0.2) is 0 Å². The van der Waals surface area contributed by atoms with Crippen LogP contribution in [0.4, 0.5) is 0 Å². The lowest BCUT2D eigenvalue weighted by molar-refractivity contribution is -0.130. The fourth-order valence-corrected chi connectivity index (χ4v) is 4.91. The fourth-order valence-electron chi connectivity index (χ4n) is 4.91. The first kappa shape index (κ1) is 23.2. The van der Waals surface area contributed by atoms with Gasteiger partial charge in [-0.05, 0) is 58.2 Å². The van der Waals surface area contributed by atoms with E-state index >= 15 is 0 Å². The summed E-state index contributed by atoms with van der Waals surface area (Å²) < 4.78 is 7.80. The van der Waals surface area contributed by atoms with Crippen molar-refractivity contribution >= 4 is 22.7 Å². The number of aromatic nitrogens is 1. The summed E-state index contributed by atoms with van der Waals surface area (Å²) in [5.41, 5.74) is 2.86. The number of carbonyl (C=O) groups is 2. The molecule has 0 radical (unpaired) electrons. The molecule has 1 saturated carbocycles. The van der Waals surface area contributed by atoms with Crippen LogP contribution >= 0.6 is 0 Å². The van der Waals surface area contributed by atoms with Crippen LogP contribution in [0.2, 0.25) is 0 Å². The standard InChI is InChI=1S/C25H37N3O3/c1-5-27(6-2)23(29)13-10-16-26-25(30)24-18(3)28(19-11-8-7-9-12-19)22-15-14-20(31-4)17-21(22)24/h14-15,17,19H,5-13,16H2,1-4H3,(H,26,30). The van der Waals surface area contributed by atoms with Crippen LogP contribution in [0.5, 0.6) is 5.75 Å². The van der Waals surface area contributed by atoms with E-state index in [9.17, 15) is 9.59 Å². The number of hydrogen-bond acceptors (Lipinski definition) is 3.